The highest BCUT2D eigenvalue weighted by atomic mass is 16.2. The first-order valence-electron chi connectivity index (χ1n) is 15.5. The quantitative estimate of drug-likeness (QED) is 0.369. The lowest BCUT2D eigenvalue weighted by Gasteiger charge is -2.43. The van der Waals surface area contributed by atoms with Crippen molar-refractivity contribution in [2.75, 3.05) is 32.7 Å². The Kier molecular flexibility index (Phi) is 9.27. The van der Waals surface area contributed by atoms with E-state index in [1.807, 2.05) is 61.2 Å². The van der Waals surface area contributed by atoms with E-state index in [1.54, 1.807) is 0 Å². The average Bonchev–Trinajstić information content (AvgIpc) is 3.01. The van der Waals surface area contributed by atoms with Gasteiger partial charge in [-0.3, -0.25) is 14.4 Å². The van der Waals surface area contributed by atoms with Gasteiger partial charge in [0.2, 0.25) is 17.7 Å². The lowest BCUT2D eigenvalue weighted by atomic mass is 9.74. The summed E-state index contributed by atoms with van der Waals surface area (Å²) in [5.74, 6) is -0.164. The summed E-state index contributed by atoms with van der Waals surface area (Å²) >= 11 is 0. The minimum absolute atomic E-state index is 0.00701. The number of piperidine rings is 2. The topological polar surface area (TPSA) is 95.1 Å². The molecule has 0 unspecified atom stereocenters. The van der Waals surface area contributed by atoms with Crippen molar-refractivity contribution < 1.29 is 19.7 Å². The molecule has 0 bridgehead atoms. The van der Waals surface area contributed by atoms with Gasteiger partial charge in [-0.25, -0.2) is 0 Å². The molecule has 4 N–H and O–H groups in total. The molecule has 2 atom stereocenters. The van der Waals surface area contributed by atoms with Crippen LogP contribution in [0.1, 0.15) is 50.7 Å². The second kappa shape index (κ2) is 13.1. The average molecular weight is 570 g/mol. The third kappa shape index (κ3) is 6.67. The van der Waals surface area contributed by atoms with E-state index in [-0.39, 0.29) is 17.7 Å². The molecular formula is C35H45N4O3+. The number of hydrogen-bond acceptors (Lipinski definition) is 3. The normalized spacial score (nSPS) is 21.0. The Morgan fingerprint density at radius 2 is 1.60 bits per heavy atom. The number of carbonyl (C=O) groups excluding carboxylic acids is 3. The van der Waals surface area contributed by atoms with Gasteiger partial charge >= 0.3 is 0 Å². The smallest absolute Gasteiger partial charge is 0.245 e. The fourth-order valence-electron chi connectivity index (χ4n) is 6.76. The zero-order valence-electron chi connectivity index (χ0n) is 25.0. The molecule has 0 aliphatic carbocycles. The lowest BCUT2D eigenvalue weighted by Crippen LogP contribution is -2.87. The number of hydrogen-bond donors (Lipinski definition) is 3. The van der Waals surface area contributed by atoms with Crippen LogP contribution in [-0.4, -0.2) is 61.4 Å². The molecule has 2 fully saturated rings. The zero-order chi connectivity index (χ0) is 29.6. The highest BCUT2D eigenvalue weighted by Crippen LogP contribution is 2.35. The summed E-state index contributed by atoms with van der Waals surface area (Å²) in [5, 5.41) is 10.8. The van der Waals surface area contributed by atoms with Crippen molar-refractivity contribution >= 4 is 28.5 Å². The standard InChI is InChI=1S/C35H44N4O3/c1-3-37-33(42)35(24-26-10-5-4-6-11-26)16-9-21-39(25-35)31(40)30(38-32(41)34(2)17-19-36-20-18-34)23-27-14-15-28-12-7-8-13-29(28)22-27/h4-8,10-15,22,30,36H,3,9,16-21,23-25H2,1-2H3,(H,37,42)(H,38,41)/p+1/t30-,35+/m1/s1. The van der Waals surface area contributed by atoms with Gasteiger partial charge in [-0.1, -0.05) is 79.7 Å². The number of carbonyl (C=O) groups is 3. The van der Waals surface area contributed by atoms with E-state index in [4.69, 9.17) is 0 Å². The molecule has 7 heteroatoms. The Labute approximate surface area is 249 Å². The molecular weight excluding hydrogens is 524 g/mol. The molecule has 0 spiro atoms. The maximum absolute atomic E-state index is 14.4. The first-order chi connectivity index (χ1) is 20.3. The Morgan fingerprint density at radius 1 is 0.881 bits per heavy atom. The van der Waals surface area contributed by atoms with Crippen molar-refractivity contribution in [1.82, 2.24) is 15.5 Å². The molecule has 2 heterocycles. The molecule has 0 aromatic heterocycles. The monoisotopic (exact) mass is 569 g/mol. The lowest BCUT2D eigenvalue weighted by molar-refractivity contribution is -0.666. The summed E-state index contributed by atoms with van der Waals surface area (Å²) < 4.78 is 0. The van der Waals surface area contributed by atoms with E-state index in [0.29, 0.717) is 38.9 Å². The van der Waals surface area contributed by atoms with E-state index in [1.165, 1.54) is 0 Å². The fraction of sp³-hybridized carbons (Fsp3) is 0.457. The maximum atomic E-state index is 14.4. The number of likely N-dealkylation sites (tertiary alicyclic amines) is 1. The Balaban J connectivity index is 1.42. The molecule has 0 saturated carbocycles. The van der Waals surface area contributed by atoms with Crippen LogP contribution < -0.4 is 16.0 Å². The molecule has 3 amide bonds. The summed E-state index contributed by atoms with van der Waals surface area (Å²) in [4.78, 5) is 43.5. The first-order valence-corrected chi connectivity index (χ1v) is 15.5. The van der Waals surface area contributed by atoms with Crippen molar-refractivity contribution in [2.45, 2.75) is 58.4 Å². The van der Waals surface area contributed by atoms with Gasteiger partial charge in [0, 0.05) is 38.9 Å². The van der Waals surface area contributed by atoms with Gasteiger partial charge in [0.25, 0.3) is 0 Å². The molecule has 3 aromatic carbocycles. The number of quaternary nitrogens is 1. The van der Waals surface area contributed by atoms with Crippen molar-refractivity contribution in [2.24, 2.45) is 10.8 Å². The van der Waals surface area contributed by atoms with Crippen LogP contribution in [0.2, 0.25) is 0 Å². The van der Waals surface area contributed by atoms with Gasteiger partial charge in [-0.05, 0) is 48.1 Å². The van der Waals surface area contributed by atoms with Crippen LogP contribution in [0.15, 0.2) is 72.8 Å². The number of nitrogens with one attached hydrogen (secondary N) is 2. The first kappa shape index (κ1) is 29.8. The number of benzene rings is 3. The number of nitrogens with two attached hydrogens (primary N) is 1. The van der Waals surface area contributed by atoms with Crippen LogP contribution in [-0.2, 0) is 27.2 Å². The summed E-state index contributed by atoms with van der Waals surface area (Å²) in [6.45, 7) is 7.22. The predicted molar refractivity (Wildman–Crippen MR) is 166 cm³/mol. The number of rotatable bonds is 9. The number of amides is 3. The Morgan fingerprint density at radius 3 is 2.33 bits per heavy atom. The van der Waals surface area contributed by atoms with Crippen LogP contribution in [0, 0.1) is 10.8 Å². The van der Waals surface area contributed by atoms with Crippen molar-refractivity contribution in [3.63, 3.8) is 0 Å². The predicted octanol–water partition coefficient (Wildman–Crippen LogP) is 3.22. The van der Waals surface area contributed by atoms with E-state index in [2.05, 4.69) is 46.3 Å². The largest absolute Gasteiger partial charge is 0.356 e. The maximum Gasteiger partial charge on any atom is 0.245 e. The van der Waals surface area contributed by atoms with E-state index in [0.717, 1.165) is 54.3 Å². The minimum atomic E-state index is -0.714. The third-order valence-corrected chi connectivity index (χ3v) is 9.30. The number of fused-ring (bicyclic) bond motifs is 1. The molecule has 2 saturated heterocycles. The third-order valence-electron chi connectivity index (χ3n) is 9.30. The van der Waals surface area contributed by atoms with E-state index >= 15 is 0 Å². The van der Waals surface area contributed by atoms with Crippen LogP contribution in [0.25, 0.3) is 10.8 Å². The zero-order valence-corrected chi connectivity index (χ0v) is 25.0. The molecule has 0 radical (unpaired) electrons. The summed E-state index contributed by atoms with van der Waals surface area (Å²) in [5.41, 5.74) is 0.886. The SMILES string of the molecule is CCNC(=O)[C@]1(Cc2ccccc2)CCCN(C(=O)[C@@H](Cc2ccc3ccccc3c2)NC(=O)C2(C)CC[NH2+]CC2)C1. The van der Waals surface area contributed by atoms with E-state index < -0.39 is 16.9 Å². The van der Waals surface area contributed by atoms with Gasteiger partial charge < -0.3 is 20.9 Å². The highest BCUT2D eigenvalue weighted by molar-refractivity contribution is 5.91. The van der Waals surface area contributed by atoms with Crippen molar-refractivity contribution in [3.05, 3.63) is 83.9 Å². The molecule has 7 nitrogen and oxygen atoms in total. The molecule has 2 aliphatic rings. The van der Waals surface area contributed by atoms with Gasteiger partial charge in [0.1, 0.15) is 6.04 Å². The summed E-state index contributed by atoms with van der Waals surface area (Å²) in [6.07, 6.45) is 4.00. The second-order valence-corrected chi connectivity index (χ2v) is 12.5. The Hall–Kier alpha value is -3.71. The van der Waals surface area contributed by atoms with Crippen LogP contribution in [0.4, 0.5) is 0 Å². The van der Waals surface area contributed by atoms with Gasteiger partial charge in [0.05, 0.1) is 23.9 Å². The molecule has 2 aliphatic heterocycles. The van der Waals surface area contributed by atoms with Crippen LogP contribution >= 0.6 is 0 Å². The van der Waals surface area contributed by atoms with Crippen LogP contribution in [0.3, 0.4) is 0 Å². The summed E-state index contributed by atoms with van der Waals surface area (Å²) in [7, 11) is 0. The number of nitrogens with zero attached hydrogens (tertiary/aromatic N) is 1. The molecule has 42 heavy (non-hydrogen) atoms. The van der Waals surface area contributed by atoms with Gasteiger partial charge in [-0.2, -0.15) is 0 Å². The van der Waals surface area contributed by atoms with Crippen molar-refractivity contribution in [3.8, 4) is 0 Å². The van der Waals surface area contributed by atoms with Crippen LogP contribution in [0.5, 0.6) is 0 Å². The molecule has 222 valence electrons. The fourth-order valence-corrected chi connectivity index (χ4v) is 6.76. The van der Waals surface area contributed by atoms with E-state index in [9.17, 15) is 14.4 Å². The molecule has 3 aromatic rings. The summed E-state index contributed by atoms with van der Waals surface area (Å²) in [6, 6.07) is 23.8. The minimum Gasteiger partial charge on any atom is -0.356 e. The second-order valence-electron chi connectivity index (χ2n) is 12.5. The molecule has 5 rings (SSSR count). The highest BCUT2D eigenvalue weighted by Gasteiger charge is 2.45. The Bertz CT molecular complexity index is 1400. The van der Waals surface area contributed by atoms with Gasteiger partial charge in [0.15, 0.2) is 0 Å². The van der Waals surface area contributed by atoms with Gasteiger partial charge in [-0.15, -0.1) is 0 Å². The van der Waals surface area contributed by atoms with Crippen molar-refractivity contribution in [1.29, 1.82) is 0 Å².